The molecular weight excluding hydrogens is 304 g/mol. The number of aromatic nitrogens is 1. The van der Waals surface area contributed by atoms with Gasteiger partial charge in [-0.1, -0.05) is 18.2 Å². The molecule has 126 valence electrons. The minimum atomic E-state index is -0.697. The quantitative estimate of drug-likeness (QED) is 0.884. The topological polar surface area (TPSA) is 62.7 Å². The first-order valence-corrected chi connectivity index (χ1v) is 8.11. The molecule has 2 heterocycles. The van der Waals surface area contributed by atoms with E-state index >= 15 is 0 Å². The van der Waals surface area contributed by atoms with Crippen LogP contribution in [0.2, 0.25) is 0 Å². The van der Waals surface area contributed by atoms with Gasteiger partial charge < -0.3 is 9.84 Å². The number of hydrogen-bond acceptors (Lipinski definition) is 4. The Hall–Kier alpha value is -2.40. The highest BCUT2D eigenvalue weighted by Gasteiger charge is 2.32. The van der Waals surface area contributed by atoms with Crippen LogP contribution in [0.15, 0.2) is 36.5 Å². The predicted molar refractivity (Wildman–Crippen MR) is 90.9 cm³/mol. The lowest BCUT2D eigenvalue weighted by molar-refractivity contribution is -0.147. The van der Waals surface area contributed by atoms with E-state index in [4.69, 9.17) is 9.84 Å². The molecule has 5 heteroatoms. The van der Waals surface area contributed by atoms with Gasteiger partial charge in [-0.15, -0.1) is 0 Å². The maximum absolute atomic E-state index is 10.9. The Kier molecular flexibility index (Phi) is 4.81. The van der Waals surface area contributed by atoms with Crippen molar-refractivity contribution in [2.75, 3.05) is 13.1 Å². The molecule has 0 amide bonds. The Balaban J connectivity index is 1.62. The van der Waals surface area contributed by atoms with Crippen LogP contribution in [0.1, 0.15) is 22.4 Å². The number of ether oxygens (including phenoxy) is 1. The number of likely N-dealkylation sites (tertiary alicyclic amines) is 1. The number of carboxylic acids is 1. The van der Waals surface area contributed by atoms with Crippen molar-refractivity contribution in [3.8, 4) is 5.75 Å². The van der Waals surface area contributed by atoms with Crippen LogP contribution in [0.25, 0.3) is 0 Å². The summed E-state index contributed by atoms with van der Waals surface area (Å²) in [5.41, 5.74) is 4.28. The van der Waals surface area contributed by atoms with E-state index in [2.05, 4.69) is 22.0 Å². The summed E-state index contributed by atoms with van der Waals surface area (Å²) in [4.78, 5) is 17.3. The van der Waals surface area contributed by atoms with Crippen molar-refractivity contribution in [1.29, 1.82) is 0 Å². The first kappa shape index (κ1) is 16.5. The summed E-state index contributed by atoms with van der Waals surface area (Å²) >= 11 is 0. The maximum atomic E-state index is 10.9. The first-order valence-electron chi connectivity index (χ1n) is 8.11. The zero-order valence-corrected chi connectivity index (χ0v) is 14.0. The molecule has 2 aromatic rings. The van der Waals surface area contributed by atoms with Crippen LogP contribution in [-0.4, -0.2) is 34.0 Å². The second kappa shape index (κ2) is 7.01. The summed E-state index contributed by atoms with van der Waals surface area (Å²) < 4.78 is 5.95. The summed E-state index contributed by atoms with van der Waals surface area (Å²) in [6.45, 7) is 6.58. The van der Waals surface area contributed by atoms with E-state index in [-0.39, 0.29) is 5.92 Å². The average Bonchev–Trinajstić information content (AvgIpc) is 2.50. The Morgan fingerprint density at radius 2 is 2.00 bits per heavy atom. The predicted octanol–water partition coefficient (Wildman–Crippen LogP) is 2.79. The van der Waals surface area contributed by atoms with E-state index in [1.165, 1.54) is 5.56 Å². The molecular formula is C19H22N2O3. The Bertz CT molecular complexity index is 702. The van der Waals surface area contributed by atoms with E-state index in [0.717, 1.165) is 29.1 Å². The van der Waals surface area contributed by atoms with Gasteiger partial charge in [0.05, 0.1) is 11.6 Å². The maximum Gasteiger partial charge on any atom is 0.309 e. The highest BCUT2D eigenvalue weighted by atomic mass is 16.5. The van der Waals surface area contributed by atoms with Gasteiger partial charge in [0.2, 0.25) is 0 Å². The highest BCUT2D eigenvalue weighted by molar-refractivity contribution is 5.71. The third kappa shape index (κ3) is 3.74. The van der Waals surface area contributed by atoms with Gasteiger partial charge in [-0.3, -0.25) is 14.7 Å². The van der Waals surface area contributed by atoms with Crippen LogP contribution >= 0.6 is 0 Å². The summed E-state index contributed by atoms with van der Waals surface area (Å²) in [5.74, 6) is -0.0125. The van der Waals surface area contributed by atoms with Crippen molar-refractivity contribution in [2.24, 2.45) is 5.92 Å². The van der Waals surface area contributed by atoms with Crippen LogP contribution in [0, 0.1) is 19.8 Å². The van der Waals surface area contributed by atoms with Gasteiger partial charge in [-0.05, 0) is 42.7 Å². The number of nitrogens with zero attached hydrogens (tertiary/aromatic N) is 2. The monoisotopic (exact) mass is 326 g/mol. The fourth-order valence-corrected chi connectivity index (χ4v) is 3.10. The third-order valence-corrected chi connectivity index (χ3v) is 4.32. The van der Waals surface area contributed by atoms with Gasteiger partial charge in [-0.2, -0.15) is 0 Å². The number of carbonyl (C=O) groups is 1. The fourth-order valence-electron chi connectivity index (χ4n) is 3.10. The molecule has 0 atom stereocenters. The number of rotatable bonds is 6. The number of carboxylic acid groups (broad SMARTS) is 1. The Morgan fingerprint density at radius 1 is 1.29 bits per heavy atom. The molecule has 0 bridgehead atoms. The van der Waals surface area contributed by atoms with Crippen molar-refractivity contribution >= 4 is 5.97 Å². The SMILES string of the molecule is Cc1cc(CN2CC(C(=O)O)C2)cc(C)c1OCc1ccccn1. The summed E-state index contributed by atoms with van der Waals surface area (Å²) in [7, 11) is 0. The van der Waals surface area contributed by atoms with Crippen molar-refractivity contribution in [2.45, 2.75) is 27.0 Å². The summed E-state index contributed by atoms with van der Waals surface area (Å²) in [5, 5.41) is 8.95. The normalized spacial score (nSPS) is 15.1. The van der Waals surface area contributed by atoms with Gasteiger partial charge in [-0.25, -0.2) is 0 Å². The zero-order valence-electron chi connectivity index (χ0n) is 14.0. The Morgan fingerprint density at radius 3 is 2.58 bits per heavy atom. The average molecular weight is 326 g/mol. The number of aryl methyl sites for hydroxylation is 2. The van der Waals surface area contributed by atoms with Gasteiger partial charge in [0, 0.05) is 25.8 Å². The third-order valence-electron chi connectivity index (χ3n) is 4.32. The molecule has 1 aliphatic rings. The summed E-state index contributed by atoms with van der Waals surface area (Å²) in [6, 6.07) is 10.0. The molecule has 3 rings (SSSR count). The molecule has 0 spiro atoms. The smallest absolute Gasteiger partial charge is 0.309 e. The first-order chi connectivity index (χ1) is 11.5. The molecule has 0 aliphatic carbocycles. The van der Waals surface area contributed by atoms with Gasteiger partial charge in [0.1, 0.15) is 12.4 Å². The molecule has 0 unspecified atom stereocenters. The van der Waals surface area contributed by atoms with Crippen LogP contribution in [0.4, 0.5) is 0 Å². The molecule has 1 fully saturated rings. The molecule has 1 aromatic carbocycles. The van der Waals surface area contributed by atoms with Crippen molar-refractivity contribution in [1.82, 2.24) is 9.88 Å². The van der Waals surface area contributed by atoms with Crippen molar-refractivity contribution < 1.29 is 14.6 Å². The molecule has 1 N–H and O–H groups in total. The molecule has 1 saturated heterocycles. The molecule has 5 nitrogen and oxygen atoms in total. The lowest BCUT2D eigenvalue weighted by atomic mass is 9.98. The zero-order chi connectivity index (χ0) is 17.1. The van der Waals surface area contributed by atoms with Gasteiger partial charge in [0.15, 0.2) is 0 Å². The minimum Gasteiger partial charge on any atom is -0.487 e. The molecule has 1 aliphatic heterocycles. The standard InChI is InChI=1S/C19H22N2O3/c1-13-7-15(9-21-10-16(11-21)19(22)23)8-14(2)18(13)24-12-17-5-3-4-6-20-17/h3-8,16H,9-12H2,1-2H3,(H,22,23). The lowest BCUT2D eigenvalue weighted by Crippen LogP contribution is -2.49. The fraction of sp³-hybridized carbons (Fsp3) is 0.368. The second-order valence-electron chi connectivity index (χ2n) is 6.40. The largest absolute Gasteiger partial charge is 0.487 e. The van der Waals surface area contributed by atoms with Crippen molar-refractivity contribution in [3.05, 3.63) is 58.9 Å². The van der Waals surface area contributed by atoms with Crippen molar-refractivity contribution in [3.63, 3.8) is 0 Å². The molecule has 24 heavy (non-hydrogen) atoms. The van der Waals surface area contributed by atoms with E-state index in [1.54, 1.807) is 6.20 Å². The number of benzene rings is 1. The van der Waals surface area contributed by atoms with Crippen LogP contribution in [0.3, 0.4) is 0 Å². The molecule has 0 radical (unpaired) electrons. The minimum absolute atomic E-state index is 0.215. The number of pyridine rings is 1. The van der Waals surface area contributed by atoms with E-state index in [9.17, 15) is 4.79 Å². The van der Waals surface area contributed by atoms with Crippen LogP contribution < -0.4 is 4.74 Å². The van der Waals surface area contributed by atoms with E-state index < -0.39 is 5.97 Å². The highest BCUT2D eigenvalue weighted by Crippen LogP contribution is 2.27. The molecule has 1 aromatic heterocycles. The van der Waals surface area contributed by atoms with E-state index in [1.807, 2.05) is 32.0 Å². The summed E-state index contributed by atoms with van der Waals surface area (Å²) in [6.07, 6.45) is 1.76. The number of hydrogen-bond donors (Lipinski definition) is 1. The Labute approximate surface area is 141 Å². The number of aliphatic carboxylic acids is 1. The van der Waals surface area contributed by atoms with E-state index in [0.29, 0.717) is 19.7 Å². The molecule has 0 saturated carbocycles. The van der Waals surface area contributed by atoms with Gasteiger partial charge in [0.25, 0.3) is 0 Å². The second-order valence-corrected chi connectivity index (χ2v) is 6.40. The van der Waals surface area contributed by atoms with Crippen LogP contribution in [-0.2, 0) is 17.9 Å². The lowest BCUT2D eigenvalue weighted by Gasteiger charge is -2.36. The van der Waals surface area contributed by atoms with Gasteiger partial charge >= 0.3 is 5.97 Å². The van der Waals surface area contributed by atoms with Crippen LogP contribution in [0.5, 0.6) is 5.75 Å².